The predicted molar refractivity (Wildman–Crippen MR) is 66.6 cm³/mol. The molecule has 0 saturated carbocycles. The SMILES string of the molecule is Cc1cccc(CCN2CC(C(N)=O)CC2=O)n1. The number of hydrogen-bond acceptors (Lipinski definition) is 3. The van der Waals surface area contributed by atoms with E-state index in [4.69, 9.17) is 5.73 Å². The summed E-state index contributed by atoms with van der Waals surface area (Å²) in [6, 6.07) is 5.84. The quantitative estimate of drug-likeness (QED) is 0.829. The van der Waals surface area contributed by atoms with Crippen LogP contribution in [0.3, 0.4) is 0 Å². The Morgan fingerprint density at radius 3 is 2.94 bits per heavy atom. The Labute approximate surface area is 106 Å². The van der Waals surface area contributed by atoms with Gasteiger partial charge in [-0.15, -0.1) is 0 Å². The van der Waals surface area contributed by atoms with E-state index >= 15 is 0 Å². The molecule has 1 unspecified atom stereocenters. The van der Waals surface area contributed by atoms with E-state index in [0.717, 1.165) is 11.4 Å². The van der Waals surface area contributed by atoms with Gasteiger partial charge in [-0.2, -0.15) is 0 Å². The van der Waals surface area contributed by atoms with Crippen LogP contribution in [0.5, 0.6) is 0 Å². The Bertz CT molecular complexity index is 473. The van der Waals surface area contributed by atoms with E-state index in [-0.39, 0.29) is 24.2 Å². The second-order valence-corrected chi connectivity index (χ2v) is 4.66. The van der Waals surface area contributed by atoms with Crippen LogP contribution < -0.4 is 5.73 Å². The molecule has 2 heterocycles. The number of pyridine rings is 1. The lowest BCUT2D eigenvalue weighted by Crippen LogP contribution is -2.30. The molecule has 18 heavy (non-hydrogen) atoms. The summed E-state index contributed by atoms with van der Waals surface area (Å²) in [5, 5.41) is 0. The third-order valence-corrected chi connectivity index (χ3v) is 3.20. The number of aryl methyl sites for hydroxylation is 1. The van der Waals surface area contributed by atoms with Gasteiger partial charge in [0.2, 0.25) is 11.8 Å². The zero-order valence-corrected chi connectivity index (χ0v) is 10.4. The summed E-state index contributed by atoms with van der Waals surface area (Å²) >= 11 is 0. The zero-order valence-electron chi connectivity index (χ0n) is 10.4. The molecule has 2 amide bonds. The summed E-state index contributed by atoms with van der Waals surface area (Å²) in [6.07, 6.45) is 0.954. The van der Waals surface area contributed by atoms with E-state index in [1.807, 2.05) is 25.1 Å². The number of aromatic nitrogens is 1. The van der Waals surface area contributed by atoms with E-state index in [9.17, 15) is 9.59 Å². The molecule has 1 aromatic rings. The number of rotatable bonds is 4. The van der Waals surface area contributed by atoms with Gasteiger partial charge in [-0.05, 0) is 19.1 Å². The largest absolute Gasteiger partial charge is 0.369 e. The van der Waals surface area contributed by atoms with Gasteiger partial charge in [0, 0.05) is 37.3 Å². The third kappa shape index (κ3) is 2.85. The van der Waals surface area contributed by atoms with Gasteiger partial charge in [0.15, 0.2) is 0 Å². The predicted octanol–water partition coefficient (Wildman–Crippen LogP) is 0.266. The van der Waals surface area contributed by atoms with E-state index < -0.39 is 0 Å². The fourth-order valence-corrected chi connectivity index (χ4v) is 2.17. The molecule has 1 aromatic heterocycles. The Morgan fingerprint density at radius 1 is 1.56 bits per heavy atom. The lowest BCUT2D eigenvalue weighted by Gasteiger charge is -2.15. The highest BCUT2D eigenvalue weighted by atomic mass is 16.2. The van der Waals surface area contributed by atoms with Crippen LogP contribution in [0.1, 0.15) is 17.8 Å². The monoisotopic (exact) mass is 247 g/mol. The van der Waals surface area contributed by atoms with E-state index in [0.29, 0.717) is 19.5 Å². The molecule has 0 aromatic carbocycles. The lowest BCUT2D eigenvalue weighted by molar-refractivity contribution is -0.128. The van der Waals surface area contributed by atoms with Crippen LogP contribution in [0, 0.1) is 12.8 Å². The molecule has 1 fully saturated rings. The Kier molecular flexibility index (Phi) is 3.60. The van der Waals surface area contributed by atoms with Gasteiger partial charge in [-0.3, -0.25) is 14.6 Å². The molecule has 2 N–H and O–H groups in total. The summed E-state index contributed by atoms with van der Waals surface area (Å²) in [5.41, 5.74) is 7.15. The van der Waals surface area contributed by atoms with Crippen LogP contribution in [-0.4, -0.2) is 34.8 Å². The number of likely N-dealkylation sites (tertiary alicyclic amines) is 1. The lowest BCUT2D eigenvalue weighted by atomic mass is 10.1. The van der Waals surface area contributed by atoms with Crippen molar-refractivity contribution in [2.24, 2.45) is 11.7 Å². The van der Waals surface area contributed by atoms with Gasteiger partial charge in [0.1, 0.15) is 0 Å². The number of carbonyl (C=O) groups excluding carboxylic acids is 2. The van der Waals surface area contributed by atoms with Crippen molar-refractivity contribution in [1.82, 2.24) is 9.88 Å². The second-order valence-electron chi connectivity index (χ2n) is 4.66. The number of amides is 2. The molecule has 0 radical (unpaired) electrons. The van der Waals surface area contributed by atoms with Crippen LogP contribution in [0.4, 0.5) is 0 Å². The summed E-state index contributed by atoms with van der Waals surface area (Å²) in [6.45, 7) is 2.98. The standard InChI is InChI=1S/C13H17N3O2/c1-9-3-2-4-11(15-9)5-6-16-8-10(13(14)18)7-12(16)17/h2-4,10H,5-8H2,1H3,(H2,14,18). The van der Waals surface area contributed by atoms with Crippen LogP contribution >= 0.6 is 0 Å². The van der Waals surface area contributed by atoms with Crippen LogP contribution in [0.25, 0.3) is 0 Å². The Balaban J connectivity index is 1.91. The molecule has 1 aliphatic heterocycles. The molecular formula is C13H17N3O2. The van der Waals surface area contributed by atoms with Crippen molar-refractivity contribution >= 4 is 11.8 Å². The van der Waals surface area contributed by atoms with Crippen molar-refractivity contribution in [3.63, 3.8) is 0 Å². The molecule has 5 nitrogen and oxygen atoms in total. The first-order valence-electron chi connectivity index (χ1n) is 6.06. The zero-order chi connectivity index (χ0) is 13.1. The highest BCUT2D eigenvalue weighted by Gasteiger charge is 2.32. The summed E-state index contributed by atoms with van der Waals surface area (Å²) < 4.78 is 0. The number of hydrogen-bond donors (Lipinski definition) is 1. The Morgan fingerprint density at radius 2 is 2.33 bits per heavy atom. The molecule has 96 valence electrons. The molecule has 2 rings (SSSR count). The van der Waals surface area contributed by atoms with Gasteiger partial charge in [0.25, 0.3) is 0 Å². The minimum Gasteiger partial charge on any atom is -0.369 e. The maximum absolute atomic E-state index is 11.7. The van der Waals surface area contributed by atoms with Crippen molar-refractivity contribution in [2.45, 2.75) is 19.8 Å². The van der Waals surface area contributed by atoms with Gasteiger partial charge in [-0.1, -0.05) is 6.07 Å². The highest BCUT2D eigenvalue weighted by molar-refractivity contribution is 5.88. The van der Waals surface area contributed by atoms with E-state index in [1.165, 1.54) is 0 Å². The third-order valence-electron chi connectivity index (χ3n) is 3.20. The molecule has 0 spiro atoms. The minimum atomic E-state index is -0.389. The average Bonchev–Trinajstić information content (AvgIpc) is 2.68. The maximum atomic E-state index is 11.7. The normalized spacial score (nSPS) is 19.3. The molecule has 0 bridgehead atoms. The summed E-state index contributed by atoms with van der Waals surface area (Å²) in [7, 11) is 0. The topological polar surface area (TPSA) is 76.3 Å². The van der Waals surface area contributed by atoms with E-state index in [1.54, 1.807) is 4.90 Å². The van der Waals surface area contributed by atoms with Gasteiger partial charge in [-0.25, -0.2) is 0 Å². The van der Waals surface area contributed by atoms with Gasteiger partial charge >= 0.3 is 0 Å². The molecule has 0 aliphatic carbocycles. The summed E-state index contributed by atoms with van der Waals surface area (Å²) in [5.74, 6) is -0.714. The number of carbonyl (C=O) groups is 2. The first-order valence-corrected chi connectivity index (χ1v) is 6.06. The van der Waals surface area contributed by atoms with Crippen molar-refractivity contribution in [3.8, 4) is 0 Å². The van der Waals surface area contributed by atoms with Crippen molar-refractivity contribution in [1.29, 1.82) is 0 Å². The number of nitrogens with zero attached hydrogens (tertiary/aromatic N) is 2. The fourth-order valence-electron chi connectivity index (χ4n) is 2.17. The first kappa shape index (κ1) is 12.5. The van der Waals surface area contributed by atoms with Crippen LogP contribution in [0.15, 0.2) is 18.2 Å². The number of nitrogens with two attached hydrogens (primary N) is 1. The Hall–Kier alpha value is -1.91. The fraction of sp³-hybridized carbons (Fsp3) is 0.462. The van der Waals surface area contributed by atoms with Gasteiger partial charge < -0.3 is 10.6 Å². The minimum absolute atomic E-state index is 0.00598. The molecule has 1 saturated heterocycles. The van der Waals surface area contributed by atoms with Crippen molar-refractivity contribution in [2.75, 3.05) is 13.1 Å². The molecule has 5 heteroatoms. The van der Waals surface area contributed by atoms with Crippen molar-refractivity contribution < 1.29 is 9.59 Å². The first-order chi connectivity index (χ1) is 8.56. The second kappa shape index (κ2) is 5.16. The molecule has 1 aliphatic rings. The molecular weight excluding hydrogens is 230 g/mol. The van der Waals surface area contributed by atoms with Crippen LogP contribution in [0.2, 0.25) is 0 Å². The van der Waals surface area contributed by atoms with E-state index in [2.05, 4.69) is 4.98 Å². The maximum Gasteiger partial charge on any atom is 0.223 e. The van der Waals surface area contributed by atoms with Crippen LogP contribution in [-0.2, 0) is 16.0 Å². The molecule has 1 atom stereocenters. The average molecular weight is 247 g/mol. The van der Waals surface area contributed by atoms with Gasteiger partial charge in [0.05, 0.1) is 5.92 Å². The summed E-state index contributed by atoms with van der Waals surface area (Å²) in [4.78, 5) is 28.8. The number of primary amides is 1. The smallest absolute Gasteiger partial charge is 0.223 e. The highest BCUT2D eigenvalue weighted by Crippen LogP contribution is 2.17. The van der Waals surface area contributed by atoms with Crippen molar-refractivity contribution in [3.05, 3.63) is 29.6 Å².